The van der Waals surface area contributed by atoms with E-state index in [0.717, 1.165) is 37.4 Å². The summed E-state index contributed by atoms with van der Waals surface area (Å²) >= 11 is -0.425. The fourth-order valence-electron chi connectivity index (χ4n) is 2.94. The van der Waals surface area contributed by atoms with Gasteiger partial charge in [-0.25, -0.2) is 22.4 Å². The Bertz CT molecular complexity index is 1240. The smallest absolute Gasteiger partial charge is 0.294 e. The Balaban J connectivity index is 1.85. The number of imide groups is 1. The van der Waals surface area contributed by atoms with Gasteiger partial charge < -0.3 is 0 Å². The molecule has 12 heteroatoms. The largest absolute Gasteiger partial charge is 0.446 e. The molecule has 0 saturated carbocycles. The normalized spacial score (nSPS) is 11.3. The van der Waals surface area contributed by atoms with Gasteiger partial charge in [-0.1, -0.05) is 18.2 Å². The average Bonchev–Trinajstić information content (AvgIpc) is 2.73. The number of anilines is 1. The summed E-state index contributed by atoms with van der Waals surface area (Å²) in [5.74, 6) is -6.13. The molecule has 0 bridgehead atoms. The molecule has 0 unspecified atom stereocenters. The van der Waals surface area contributed by atoms with Crippen LogP contribution in [0.15, 0.2) is 59.5 Å². The van der Waals surface area contributed by atoms with Crippen LogP contribution in [0, 0.1) is 23.3 Å². The van der Waals surface area contributed by atoms with Crippen molar-refractivity contribution in [1.29, 1.82) is 0 Å². The van der Waals surface area contributed by atoms with Crippen LogP contribution >= 0.6 is 11.8 Å². The quantitative estimate of drug-likeness (QED) is 0.327. The zero-order valence-corrected chi connectivity index (χ0v) is 17.8. The van der Waals surface area contributed by atoms with Gasteiger partial charge in [-0.3, -0.25) is 15.0 Å². The number of hydrogen-bond acceptors (Lipinski definition) is 3. The molecule has 3 aromatic rings. The maximum absolute atomic E-state index is 14.7. The highest BCUT2D eigenvalue weighted by Crippen LogP contribution is 2.39. The van der Waals surface area contributed by atoms with E-state index in [-0.39, 0.29) is 16.0 Å². The molecule has 3 aromatic carbocycles. The molecule has 4 nitrogen and oxygen atoms in total. The zero-order chi connectivity index (χ0) is 25.2. The first-order chi connectivity index (χ1) is 15.9. The molecule has 0 atom stereocenters. The fraction of sp³-hybridized carbons (Fsp3) is 0.0909. The van der Waals surface area contributed by atoms with Gasteiger partial charge in [-0.05, 0) is 47.7 Å². The second-order valence-electron chi connectivity index (χ2n) is 6.77. The number of benzene rings is 3. The molecule has 0 aliphatic carbocycles. The van der Waals surface area contributed by atoms with E-state index in [4.69, 9.17) is 0 Å². The highest BCUT2D eigenvalue weighted by Gasteiger charge is 2.29. The van der Waals surface area contributed by atoms with Crippen LogP contribution in [-0.2, 0) is 0 Å². The number of urea groups is 1. The first-order valence-electron chi connectivity index (χ1n) is 9.25. The summed E-state index contributed by atoms with van der Waals surface area (Å²) < 4.78 is 94.7. The lowest BCUT2D eigenvalue weighted by Gasteiger charge is -2.19. The van der Waals surface area contributed by atoms with E-state index in [0.29, 0.717) is 17.0 Å². The molecule has 0 aliphatic rings. The molecular formula is C22H13F7N2O2S. The van der Waals surface area contributed by atoms with Crippen molar-refractivity contribution < 1.29 is 40.3 Å². The first-order valence-corrected chi connectivity index (χ1v) is 10.1. The number of nitrogens with one attached hydrogen (secondary N) is 1. The first kappa shape index (κ1) is 25.1. The third-order valence-electron chi connectivity index (χ3n) is 4.49. The monoisotopic (exact) mass is 502 g/mol. The van der Waals surface area contributed by atoms with Gasteiger partial charge in [-0.15, -0.1) is 0 Å². The summed E-state index contributed by atoms with van der Waals surface area (Å²) in [6.45, 7) is 0. The van der Waals surface area contributed by atoms with Crippen molar-refractivity contribution in [1.82, 2.24) is 5.32 Å². The lowest BCUT2D eigenvalue weighted by atomic mass is 10.0. The Labute approximate surface area is 192 Å². The summed E-state index contributed by atoms with van der Waals surface area (Å²) in [6.07, 6.45) is 0. The number of carbonyl (C=O) groups is 2. The lowest BCUT2D eigenvalue weighted by Crippen LogP contribution is -2.41. The highest BCUT2D eigenvalue weighted by atomic mass is 32.2. The Kier molecular flexibility index (Phi) is 7.20. The molecule has 0 spiro atoms. The minimum atomic E-state index is -4.58. The van der Waals surface area contributed by atoms with Gasteiger partial charge >= 0.3 is 11.5 Å². The molecule has 0 aromatic heterocycles. The summed E-state index contributed by atoms with van der Waals surface area (Å²) in [4.78, 5) is 24.6. The molecule has 1 N–H and O–H groups in total. The minimum Gasteiger partial charge on any atom is -0.294 e. The molecule has 0 saturated heterocycles. The lowest BCUT2D eigenvalue weighted by molar-refractivity contribution is -0.0328. The van der Waals surface area contributed by atoms with E-state index >= 15 is 0 Å². The SMILES string of the molecule is CN(C(=O)NC(=O)c1c(F)cccc1F)c1cc(F)c(-c2cccc(SC(F)(F)F)c2)cc1F. The van der Waals surface area contributed by atoms with Crippen molar-refractivity contribution in [3.63, 3.8) is 0 Å². The minimum absolute atomic E-state index is 0.0467. The van der Waals surface area contributed by atoms with E-state index in [2.05, 4.69) is 0 Å². The van der Waals surface area contributed by atoms with Crippen LogP contribution in [0.4, 0.5) is 41.2 Å². The van der Waals surface area contributed by atoms with Crippen LogP contribution in [0.1, 0.15) is 10.4 Å². The summed E-state index contributed by atoms with van der Waals surface area (Å²) in [7, 11) is 0.971. The maximum Gasteiger partial charge on any atom is 0.446 e. The van der Waals surface area contributed by atoms with Crippen molar-refractivity contribution >= 4 is 29.4 Å². The van der Waals surface area contributed by atoms with Crippen molar-refractivity contribution in [3.8, 4) is 11.1 Å². The predicted octanol–water partition coefficient (Wildman–Crippen LogP) is 6.51. The van der Waals surface area contributed by atoms with Crippen LogP contribution < -0.4 is 10.2 Å². The number of nitrogens with zero attached hydrogens (tertiary/aromatic N) is 1. The van der Waals surface area contributed by atoms with Gasteiger partial charge in [-0.2, -0.15) is 13.2 Å². The molecule has 34 heavy (non-hydrogen) atoms. The van der Waals surface area contributed by atoms with E-state index < -0.39 is 63.7 Å². The van der Waals surface area contributed by atoms with Gasteiger partial charge in [0.05, 0.1) is 5.69 Å². The van der Waals surface area contributed by atoms with E-state index in [9.17, 15) is 40.3 Å². The maximum atomic E-state index is 14.7. The summed E-state index contributed by atoms with van der Waals surface area (Å²) in [5, 5.41) is 1.67. The third kappa shape index (κ3) is 5.68. The predicted molar refractivity (Wildman–Crippen MR) is 111 cm³/mol. The summed E-state index contributed by atoms with van der Waals surface area (Å²) in [6, 6.07) is 7.23. The fourth-order valence-corrected chi connectivity index (χ4v) is 3.54. The van der Waals surface area contributed by atoms with Crippen LogP contribution in [0.25, 0.3) is 11.1 Å². The average molecular weight is 502 g/mol. The number of alkyl halides is 3. The van der Waals surface area contributed by atoms with Crippen LogP contribution in [-0.4, -0.2) is 24.5 Å². The molecular weight excluding hydrogens is 489 g/mol. The second-order valence-corrected chi connectivity index (χ2v) is 7.91. The van der Waals surface area contributed by atoms with Crippen molar-refractivity contribution in [2.24, 2.45) is 0 Å². The zero-order valence-electron chi connectivity index (χ0n) is 17.0. The van der Waals surface area contributed by atoms with Crippen LogP contribution in [0.5, 0.6) is 0 Å². The van der Waals surface area contributed by atoms with Crippen LogP contribution in [0.2, 0.25) is 0 Å². The Morgan fingerprint density at radius 2 is 1.47 bits per heavy atom. The number of thioether (sulfide) groups is 1. The molecule has 178 valence electrons. The molecule has 3 rings (SSSR count). The van der Waals surface area contributed by atoms with E-state index in [1.54, 1.807) is 5.32 Å². The number of hydrogen-bond donors (Lipinski definition) is 1. The number of amides is 3. The molecule has 0 fully saturated rings. The number of halogens is 7. The van der Waals surface area contributed by atoms with Crippen molar-refractivity contribution in [2.45, 2.75) is 10.4 Å². The van der Waals surface area contributed by atoms with Gasteiger partial charge in [0.15, 0.2) is 0 Å². The van der Waals surface area contributed by atoms with Gasteiger partial charge in [0.2, 0.25) is 0 Å². The molecule has 0 radical (unpaired) electrons. The topological polar surface area (TPSA) is 49.4 Å². The second kappa shape index (κ2) is 9.75. The van der Waals surface area contributed by atoms with E-state index in [1.165, 1.54) is 12.1 Å². The number of carbonyl (C=O) groups excluding carboxylic acids is 2. The third-order valence-corrected chi connectivity index (χ3v) is 5.21. The van der Waals surface area contributed by atoms with Crippen molar-refractivity contribution in [3.05, 3.63) is 83.4 Å². The van der Waals surface area contributed by atoms with Gasteiger partial charge in [0, 0.05) is 23.6 Å². The standard InChI is InChI=1S/C22H13F7N2O2S/c1-31(21(33)30-20(32)19-14(23)6-3-7-15(19)24)18-10-16(25)13(9-17(18)26)11-4-2-5-12(8-11)34-22(27,28)29/h2-10H,1H3,(H,30,32,33). The van der Waals surface area contributed by atoms with Crippen molar-refractivity contribution in [2.75, 3.05) is 11.9 Å². The summed E-state index contributed by atoms with van der Waals surface area (Å²) in [5.41, 5.74) is -6.67. The Hall–Kier alpha value is -3.54. The van der Waals surface area contributed by atoms with E-state index in [1.807, 2.05) is 0 Å². The molecule has 3 amide bonds. The number of rotatable bonds is 4. The highest BCUT2D eigenvalue weighted by molar-refractivity contribution is 8.00. The Morgan fingerprint density at radius 3 is 2.09 bits per heavy atom. The van der Waals surface area contributed by atoms with Gasteiger partial charge in [0.25, 0.3) is 5.91 Å². The van der Waals surface area contributed by atoms with Crippen LogP contribution in [0.3, 0.4) is 0 Å². The molecule has 0 heterocycles. The van der Waals surface area contributed by atoms with Gasteiger partial charge in [0.1, 0.15) is 28.8 Å². The Morgan fingerprint density at radius 1 is 0.853 bits per heavy atom. The molecule has 0 aliphatic heterocycles.